The molecule has 0 radical (unpaired) electrons. The van der Waals surface area contributed by atoms with Gasteiger partial charge in [0.15, 0.2) is 0 Å². The van der Waals surface area contributed by atoms with Crippen LogP contribution in [0.4, 0.5) is 18.9 Å². The van der Waals surface area contributed by atoms with E-state index in [0.29, 0.717) is 5.56 Å². The molecule has 1 atom stereocenters. The first-order valence-corrected chi connectivity index (χ1v) is 9.67. The molecule has 1 aliphatic heterocycles. The number of phenols is 1. The third-order valence-corrected chi connectivity index (χ3v) is 5.03. The van der Waals surface area contributed by atoms with Crippen molar-refractivity contribution in [3.8, 4) is 11.5 Å². The van der Waals surface area contributed by atoms with E-state index in [1.165, 1.54) is 36.4 Å². The van der Waals surface area contributed by atoms with Crippen LogP contribution < -0.4 is 9.64 Å². The molecule has 1 saturated heterocycles. The maximum atomic E-state index is 13.0. The van der Waals surface area contributed by atoms with Gasteiger partial charge in [0.1, 0.15) is 17.3 Å². The lowest BCUT2D eigenvalue weighted by atomic mass is 9.95. The second kappa shape index (κ2) is 8.34. The minimum atomic E-state index is -4.95. The molecule has 33 heavy (non-hydrogen) atoms. The van der Waals surface area contributed by atoms with Crippen molar-refractivity contribution in [2.24, 2.45) is 0 Å². The predicted octanol–water partition coefficient (Wildman–Crippen LogP) is 4.92. The monoisotopic (exact) mass is 455 g/mol. The molecular weight excluding hydrogens is 439 g/mol. The maximum absolute atomic E-state index is 13.0. The first-order valence-electron chi connectivity index (χ1n) is 9.67. The van der Waals surface area contributed by atoms with Crippen LogP contribution in [0.25, 0.3) is 5.76 Å². The Labute approximate surface area is 185 Å². The zero-order valence-electron chi connectivity index (χ0n) is 16.8. The van der Waals surface area contributed by atoms with E-state index in [0.717, 1.165) is 17.0 Å². The summed E-state index contributed by atoms with van der Waals surface area (Å²) in [6, 6.07) is 17.1. The number of anilines is 1. The Kier molecular flexibility index (Phi) is 5.55. The van der Waals surface area contributed by atoms with Gasteiger partial charge in [-0.2, -0.15) is 0 Å². The number of benzene rings is 3. The van der Waals surface area contributed by atoms with Crippen LogP contribution in [0.2, 0.25) is 0 Å². The highest BCUT2D eigenvalue weighted by Crippen LogP contribution is 2.43. The minimum absolute atomic E-state index is 0.0379. The van der Waals surface area contributed by atoms with Crippen LogP contribution in [0.15, 0.2) is 84.4 Å². The van der Waals surface area contributed by atoms with Crippen LogP contribution in [-0.2, 0) is 9.59 Å². The number of carbonyl (C=O) groups excluding carboxylic acids is 2. The van der Waals surface area contributed by atoms with Gasteiger partial charge in [0, 0.05) is 17.3 Å². The Hall–Kier alpha value is -4.27. The number of phenolic OH excluding ortho intramolecular Hbond substituents is 1. The molecule has 6 nitrogen and oxygen atoms in total. The van der Waals surface area contributed by atoms with Crippen LogP contribution in [0.3, 0.4) is 0 Å². The maximum Gasteiger partial charge on any atom is 0.573 e. The van der Waals surface area contributed by atoms with Crippen LogP contribution >= 0.6 is 0 Å². The van der Waals surface area contributed by atoms with Gasteiger partial charge in [-0.3, -0.25) is 14.5 Å². The molecule has 3 aromatic rings. The molecule has 2 N–H and O–H groups in total. The number of rotatable bonds is 4. The zero-order chi connectivity index (χ0) is 23.8. The Morgan fingerprint density at radius 2 is 1.58 bits per heavy atom. The average Bonchev–Trinajstić information content (AvgIpc) is 3.04. The molecule has 1 unspecified atom stereocenters. The number of ether oxygens (including phenoxy) is 1. The van der Waals surface area contributed by atoms with E-state index in [2.05, 4.69) is 4.74 Å². The molecule has 0 saturated carbocycles. The number of amides is 1. The molecule has 168 valence electrons. The highest BCUT2D eigenvalue weighted by molar-refractivity contribution is 6.51. The number of carbonyl (C=O) groups is 2. The number of aliphatic hydroxyl groups is 1. The Balaban J connectivity index is 1.89. The Bertz CT molecular complexity index is 1240. The number of alkyl halides is 3. The van der Waals surface area contributed by atoms with E-state index < -0.39 is 35.6 Å². The topological polar surface area (TPSA) is 87.1 Å². The third-order valence-electron chi connectivity index (χ3n) is 5.03. The molecule has 3 aromatic carbocycles. The van der Waals surface area contributed by atoms with Crippen molar-refractivity contribution in [1.82, 2.24) is 0 Å². The number of aromatic hydroxyl groups is 1. The number of nitrogens with zero attached hydrogens (tertiary/aromatic N) is 1. The molecule has 0 bridgehead atoms. The number of ketones is 1. The van der Waals surface area contributed by atoms with Crippen LogP contribution in [0.5, 0.6) is 11.5 Å². The fraction of sp³-hybridized carbons (Fsp3) is 0.0833. The van der Waals surface area contributed by atoms with E-state index >= 15 is 0 Å². The summed E-state index contributed by atoms with van der Waals surface area (Å²) in [6.07, 6.45) is -4.95. The smallest absolute Gasteiger partial charge is 0.508 e. The molecule has 1 aliphatic rings. The van der Waals surface area contributed by atoms with Crippen molar-refractivity contribution in [2.45, 2.75) is 12.4 Å². The summed E-state index contributed by atoms with van der Waals surface area (Å²) in [5.41, 5.74) is 0.364. The molecule has 0 aromatic heterocycles. The summed E-state index contributed by atoms with van der Waals surface area (Å²) in [5, 5.41) is 20.6. The number of Topliss-reactive ketones (excluding diaryl/α,β-unsaturated/α-hetero) is 1. The van der Waals surface area contributed by atoms with Gasteiger partial charge in [0.25, 0.3) is 11.7 Å². The van der Waals surface area contributed by atoms with E-state index in [1.54, 1.807) is 30.3 Å². The highest BCUT2D eigenvalue weighted by atomic mass is 19.4. The lowest BCUT2D eigenvalue weighted by Gasteiger charge is -2.26. The largest absolute Gasteiger partial charge is 0.573 e. The number of aliphatic hydroxyl groups excluding tert-OH is 1. The first-order chi connectivity index (χ1) is 15.7. The molecule has 1 heterocycles. The van der Waals surface area contributed by atoms with Crippen molar-refractivity contribution >= 4 is 23.1 Å². The average molecular weight is 455 g/mol. The summed E-state index contributed by atoms with van der Waals surface area (Å²) < 4.78 is 42.1. The number of hydrogen-bond acceptors (Lipinski definition) is 5. The van der Waals surface area contributed by atoms with Crippen molar-refractivity contribution in [3.05, 3.63) is 95.6 Å². The summed E-state index contributed by atoms with van der Waals surface area (Å²) >= 11 is 0. The van der Waals surface area contributed by atoms with Gasteiger partial charge in [0.2, 0.25) is 0 Å². The summed E-state index contributed by atoms with van der Waals surface area (Å²) in [6.45, 7) is 0. The Morgan fingerprint density at radius 1 is 0.909 bits per heavy atom. The van der Waals surface area contributed by atoms with Gasteiger partial charge in [-0.25, -0.2) is 0 Å². The normalized spacial score (nSPS) is 17.9. The highest BCUT2D eigenvalue weighted by Gasteiger charge is 2.47. The predicted molar refractivity (Wildman–Crippen MR) is 112 cm³/mol. The Morgan fingerprint density at radius 3 is 2.21 bits per heavy atom. The van der Waals surface area contributed by atoms with E-state index in [-0.39, 0.29) is 22.6 Å². The van der Waals surface area contributed by atoms with Gasteiger partial charge >= 0.3 is 6.36 Å². The van der Waals surface area contributed by atoms with E-state index in [9.17, 15) is 33.0 Å². The zero-order valence-corrected chi connectivity index (χ0v) is 16.8. The van der Waals surface area contributed by atoms with Gasteiger partial charge in [-0.15, -0.1) is 13.2 Å². The molecule has 0 aliphatic carbocycles. The number of halogens is 3. The number of hydrogen-bond donors (Lipinski definition) is 2. The van der Waals surface area contributed by atoms with Crippen LogP contribution in [0, 0.1) is 0 Å². The molecule has 1 fully saturated rings. The lowest BCUT2D eigenvalue weighted by Crippen LogP contribution is -2.29. The van der Waals surface area contributed by atoms with Crippen molar-refractivity contribution in [2.75, 3.05) is 4.90 Å². The van der Waals surface area contributed by atoms with Gasteiger partial charge in [-0.1, -0.05) is 48.5 Å². The summed E-state index contributed by atoms with van der Waals surface area (Å²) in [4.78, 5) is 27.0. The standard InChI is InChI=1S/C24H16F3NO5/c25-24(26,27)33-18-8-4-7-16(13-18)28-20(14-9-11-17(29)12-10-14)19(22(31)23(28)32)21(30)15-5-2-1-3-6-15/h1-13,20,29-30H/b21-19+. The van der Waals surface area contributed by atoms with Crippen molar-refractivity contribution in [1.29, 1.82) is 0 Å². The summed E-state index contributed by atoms with van der Waals surface area (Å²) in [5.74, 6) is -3.11. The lowest BCUT2D eigenvalue weighted by molar-refractivity contribution is -0.274. The third kappa shape index (κ3) is 4.38. The van der Waals surface area contributed by atoms with Crippen LogP contribution in [0.1, 0.15) is 17.2 Å². The van der Waals surface area contributed by atoms with Crippen LogP contribution in [-0.4, -0.2) is 28.3 Å². The van der Waals surface area contributed by atoms with Crippen molar-refractivity contribution in [3.63, 3.8) is 0 Å². The molecule has 4 rings (SSSR count). The molecule has 0 spiro atoms. The van der Waals surface area contributed by atoms with Gasteiger partial charge in [-0.05, 0) is 29.8 Å². The van der Waals surface area contributed by atoms with Crippen molar-refractivity contribution < 1.29 is 37.7 Å². The SMILES string of the molecule is O=C1C(=O)N(c2cccc(OC(F)(F)F)c2)C(c2ccc(O)cc2)/C1=C(\O)c1ccccc1. The second-order valence-electron chi connectivity index (χ2n) is 7.17. The fourth-order valence-corrected chi connectivity index (χ4v) is 3.65. The van der Waals surface area contributed by atoms with Gasteiger partial charge < -0.3 is 14.9 Å². The minimum Gasteiger partial charge on any atom is -0.508 e. The molecule has 9 heteroatoms. The first kappa shape index (κ1) is 21.9. The fourth-order valence-electron chi connectivity index (χ4n) is 3.65. The van der Waals surface area contributed by atoms with Gasteiger partial charge in [0.05, 0.1) is 11.6 Å². The molecular formula is C24H16F3NO5. The summed E-state index contributed by atoms with van der Waals surface area (Å²) in [7, 11) is 0. The second-order valence-corrected chi connectivity index (χ2v) is 7.17. The van der Waals surface area contributed by atoms with E-state index in [4.69, 9.17) is 0 Å². The quantitative estimate of drug-likeness (QED) is 0.331. The molecule has 1 amide bonds. The van der Waals surface area contributed by atoms with E-state index in [1.807, 2.05) is 0 Å².